The summed E-state index contributed by atoms with van der Waals surface area (Å²) >= 11 is 1.62. The number of amides is 1. The Labute approximate surface area is 145 Å². The third-order valence-electron chi connectivity index (χ3n) is 4.15. The fraction of sp³-hybridized carbons (Fsp3) is 0.263. The summed E-state index contributed by atoms with van der Waals surface area (Å²) in [4.78, 5) is 19.3. The van der Waals surface area contributed by atoms with Gasteiger partial charge in [-0.1, -0.05) is 23.8 Å². The number of methoxy groups -OCH3 is 1. The molecule has 1 heterocycles. The van der Waals surface area contributed by atoms with Crippen molar-refractivity contribution in [2.75, 3.05) is 14.2 Å². The molecule has 1 aromatic heterocycles. The van der Waals surface area contributed by atoms with E-state index in [0.717, 1.165) is 20.8 Å². The second-order valence-electron chi connectivity index (χ2n) is 5.82. The zero-order valence-electron chi connectivity index (χ0n) is 14.2. The van der Waals surface area contributed by atoms with Crippen LogP contribution in [0.1, 0.15) is 33.9 Å². The number of para-hydroxylation sites is 1. The molecule has 0 unspecified atom stereocenters. The van der Waals surface area contributed by atoms with Crippen LogP contribution in [0.2, 0.25) is 0 Å². The van der Waals surface area contributed by atoms with Gasteiger partial charge in [-0.15, -0.1) is 11.3 Å². The van der Waals surface area contributed by atoms with E-state index in [2.05, 4.69) is 11.1 Å². The van der Waals surface area contributed by atoms with Crippen LogP contribution in [0.5, 0.6) is 5.75 Å². The van der Waals surface area contributed by atoms with Gasteiger partial charge in [0.25, 0.3) is 5.91 Å². The van der Waals surface area contributed by atoms with Crippen molar-refractivity contribution < 1.29 is 9.53 Å². The number of aromatic nitrogens is 1. The van der Waals surface area contributed by atoms with E-state index in [4.69, 9.17) is 4.74 Å². The number of nitrogens with zero attached hydrogens (tertiary/aromatic N) is 2. The van der Waals surface area contributed by atoms with Crippen LogP contribution in [0.15, 0.2) is 42.5 Å². The predicted octanol–water partition coefficient (Wildman–Crippen LogP) is 4.45. The quantitative estimate of drug-likeness (QED) is 0.705. The van der Waals surface area contributed by atoms with Crippen LogP contribution in [-0.2, 0) is 0 Å². The van der Waals surface area contributed by atoms with E-state index >= 15 is 0 Å². The molecule has 3 aromatic rings. The average Bonchev–Trinajstić information content (AvgIpc) is 3.03. The molecule has 1 amide bonds. The van der Waals surface area contributed by atoms with Gasteiger partial charge in [0.1, 0.15) is 10.8 Å². The fourth-order valence-corrected chi connectivity index (χ4v) is 3.65. The summed E-state index contributed by atoms with van der Waals surface area (Å²) in [5, 5.41) is 0.929. The van der Waals surface area contributed by atoms with E-state index in [1.165, 1.54) is 0 Å². The molecule has 0 N–H and O–H groups in total. The molecule has 1 atom stereocenters. The monoisotopic (exact) mass is 340 g/mol. The molecule has 0 aliphatic heterocycles. The fourth-order valence-electron chi connectivity index (χ4n) is 2.59. The minimum Gasteiger partial charge on any atom is -0.496 e. The number of carbonyl (C=O) groups is 1. The highest BCUT2D eigenvalue weighted by molar-refractivity contribution is 7.18. The summed E-state index contributed by atoms with van der Waals surface area (Å²) in [6.45, 7) is 3.96. The van der Waals surface area contributed by atoms with Gasteiger partial charge in [-0.25, -0.2) is 4.98 Å². The Morgan fingerprint density at radius 1 is 1.25 bits per heavy atom. The van der Waals surface area contributed by atoms with Gasteiger partial charge in [-0.05, 0) is 38.1 Å². The summed E-state index contributed by atoms with van der Waals surface area (Å²) < 4.78 is 6.48. The second kappa shape index (κ2) is 6.61. The van der Waals surface area contributed by atoms with Crippen molar-refractivity contribution in [2.24, 2.45) is 0 Å². The Hall–Kier alpha value is -2.40. The van der Waals surface area contributed by atoms with Crippen molar-refractivity contribution in [2.45, 2.75) is 19.9 Å². The zero-order valence-corrected chi connectivity index (χ0v) is 15.1. The van der Waals surface area contributed by atoms with Gasteiger partial charge >= 0.3 is 0 Å². The molecule has 0 saturated carbocycles. The number of ether oxygens (including phenoxy) is 1. The van der Waals surface area contributed by atoms with Crippen LogP contribution >= 0.6 is 11.3 Å². The molecule has 0 fully saturated rings. The van der Waals surface area contributed by atoms with E-state index in [0.29, 0.717) is 11.3 Å². The molecule has 0 saturated heterocycles. The maximum absolute atomic E-state index is 12.9. The first-order valence-electron chi connectivity index (χ1n) is 7.78. The molecule has 3 rings (SSSR count). The molecule has 24 heavy (non-hydrogen) atoms. The zero-order chi connectivity index (χ0) is 17.3. The lowest BCUT2D eigenvalue weighted by Gasteiger charge is -2.24. The first-order valence-corrected chi connectivity index (χ1v) is 8.60. The third kappa shape index (κ3) is 2.99. The van der Waals surface area contributed by atoms with E-state index in [1.807, 2.05) is 50.2 Å². The Balaban J connectivity index is 1.91. The Bertz CT molecular complexity index is 855. The van der Waals surface area contributed by atoms with Crippen molar-refractivity contribution in [3.05, 3.63) is 58.6 Å². The Morgan fingerprint density at radius 3 is 2.71 bits per heavy atom. The molecule has 0 aliphatic rings. The lowest BCUT2D eigenvalue weighted by atomic mass is 10.1. The standard InChI is InChI=1S/C19H20N2O2S/c1-12-9-10-16(23-4)14(11-12)19(22)21(3)13(2)18-20-15-7-5-6-8-17(15)24-18/h5-11,13H,1-4H3/t13-/m0/s1. The lowest BCUT2D eigenvalue weighted by molar-refractivity contribution is 0.0739. The number of carbonyl (C=O) groups excluding carboxylic acids is 1. The summed E-state index contributed by atoms with van der Waals surface area (Å²) in [7, 11) is 3.39. The number of benzene rings is 2. The normalized spacial score (nSPS) is 12.2. The van der Waals surface area contributed by atoms with E-state index in [9.17, 15) is 4.79 Å². The number of hydrogen-bond acceptors (Lipinski definition) is 4. The molecule has 0 bridgehead atoms. The van der Waals surface area contributed by atoms with Gasteiger partial charge in [-0.3, -0.25) is 4.79 Å². The molecule has 0 spiro atoms. The van der Waals surface area contributed by atoms with Crippen LogP contribution in [-0.4, -0.2) is 29.9 Å². The molecular formula is C19H20N2O2S. The van der Waals surface area contributed by atoms with Crippen molar-refractivity contribution in [3.8, 4) is 5.75 Å². The van der Waals surface area contributed by atoms with Gasteiger partial charge in [0, 0.05) is 7.05 Å². The smallest absolute Gasteiger partial charge is 0.257 e. The number of aryl methyl sites for hydroxylation is 1. The van der Waals surface area contributed by atoms with Crippen molar-refractivity contribution in [3.63, 3.8) is 0 Å². The largest absolute Gasteiger partial charge is 0.496 e. The van der Waals surface area contributed by atoms with Crippen LogP contribution < -0.4 is 4.74 Å². The molecule has 2 aromatic carbocycles. The highest BCUT2D eigenvalue weighted by atomic mass is 32.1. The minimum atomic E-state index is -0.111. The number of thiazole rings is 1. The van der Waals surface area contributed by atoms with Gasteiger partial charge in [0.2, 0.25) is 0 Å². The molecule has 124 valence electrons. The second-order valence-corrected chi connectivity index (χ2v) is 6.88. The number of hydrogen-bond donors (Lipinski definition) is 0. The lowest BCUT2D eigenvalue weighted by Crippen LogP contribution is -2.30. The highest BCUT2D eigenvalue weighted by Gasteiger charge is 2.24. The van der Waals surface area contributed by atoms with Crippen LogP contribution in [0.3, 0.4) is 0 Å². The third-order valence-corrected chi connectivity index (χ3v) is 5.36. The van der Waals surface area contributed by atoms with Gasteiger partial charge in [-0.2, -0.15) is 0 Å². The summed E-state index contributed by atoms with van der Waals surface area (Å²) in [5.74, 6) is 0.524. The molecule has 5 heteroatoms. The number of rotatable bonds is 4. The first-order chi connectivity index (χ1) is 11.5. The Kier molecular flexibility index (Phi) is 4.53. The summed E-state index contributed by atoms with van der Waals surface area (Å²) in [6, 6.07) is 13.5. The first kappa shape index (κ1) is 16.5. The predicted molar refractivity (Wildman–Crippen MR) is 97.9 cm³/mol. The maximum atomic E-state index is 12.9. The Morgan fingerprint density at radius 2 is 2.00 bits per heavy atom. The van der Waals surface area contributed by atoms with Crippen LogP contribution in [0, 0.1) is 6.92 Å². The van der Waals surface area contributed by atoms with E-state index in [-0.39, 0.29) is 11.9 Å². The van der Waals surface area contributed by atoms with Gasteiger partial charge in [0.05, 0.1) is 28.9 Å². The minimum absolute atomic E-state index is 0.0673. The number of fused-ring (bicyclic) bond motifs is 1. The van der Waals surface area contributed by atoms with E-state index in [1.54, 1.807) is 30.4 Å². The average molecular weight is 340 g/mol. The molecule has 0 radical (unpaired) electrons. The molecule has 0 aliphatic carbocycles. The van der Waals surface area contributed by atoms with Crippen LogP contribution in [0.4, 0.5) is 0 Å². The maximum Gasteiger partial charge on any atom is 0.257 e. The van der Waals surface area contributed by atoms with Crippen molar-refractivity contribution >= 4 is 27.5 Å². The van der Waals surface area contributed by atoms with Crippen molar-refractivity contribution in [1.82, 2.24) is 9.88 Å². The van der Waals surface area contributed by atoms with Gasteiger partial charge in [0.15, 0.2) is 0 Å². The van der Waals surface area contributed by atoms with Gasteiger partial charge < -0.3 is 9.64 Å². The summed E-state index contributed by atoms with van der Waals surface area (Å²) in [6.07, 6.45) is 0. The molecule has 4 nitrogen and oxygen atoms in total. The topological polar surface area (TPSA) is 42.4 Å². The SMILES string of the molecule is COc1ccc(C)cc1C(=O)N(C)[C@@H](C)c1nc2ccccc2s1. The molecular weight excluding hydrogens is 320 g/mol. The van der Waals surface area contributed by atoms with E-state index < -0.39 is 0 Å². The van der Waals surface area contributed by atoms with Crippen LogP contribution in [0.25, 0.3) is 10.2 Å². The highest BCUT2D eigenvalue weighted by Crippen LogP contribution is 2.30. The van der Waals surface area contributed by atoms with Crippen molar-refractivity contribution in [1.29, 1.82) is 0 Å². The summed E-state index contributed by atoms with van der Waals surface area (Å²) in [5.41, 5.74) is 2.58.